The van der Waals surface area contributed by atoms with Gasteiger partial charge in [0.15, 0.2) is 0 Å². The number of aliphatic hydroxyl groups is 2. The van der Waals surface area contributed by atoms with Crippen LogP contribution in [-0.4, -0.2) is 96.6 Å². The van der Waals surface area contributed by atoms with Crippen molar-refractivity contribution in [2.45, 2.75) is 38.3 Å². The van der Waals surface area contributed by atoms with Gasteiger partial charge in [-0.3, -0.25) is 9.80 Å². The van der Waals surface area contributed by atoms with Gasteiger partial charge in [-0.15, -0.1) is 0 Å². The van der Waals surface area contributed by atoms with Crippen LogP contribution in [0.25, 0.3) is 0 Å². The Kier molecular flexibility index (Phi) is 9.02. The van der Waals surface area contributed by atoms with E-state index >= 15 is 0 Å². The van der Waals surface area contributed by atoms with Crippen molar-refractivity contribution >= 4 is 0 Å². The van der Waals surface area contributed by atoms with Crippen LogP contribution in [0, 0.1) is 0 Å². The maximum absolute atomic E-state index is 10.4. The lowest BCUT2D eigenvalue weighted by Gasteiger charge is -2.34. The molecule has 2 N–H and O–H groups in total. The highest BCUT2D eigenvalue weighted by atomic mass is 16.5. The van der Waals surface area contributed by atoms with Gasteiger partial charge >= 0.3 is 0 Å². The predicted molar refractivity (Wildman–Crippen MR) is 112 cm³/mol. The highest BCUT2D eigenvalue weighted by Gasteiger charge is 2.17. The van der Waals surface area contributed by atoms with Crippen LogP contribution in [0.3, 0.4) is 0 Å². The van der Waals surface area contributed by atoms with Gasteiger partial charge in [-0.1, -0.05) is 25.0 Å². The Morgan fingerprint density at radius 3 is 2.32 bits per heavy atom. The van der Waals surface area contributed by atoms with Gasteiger partial charge in [0.05, 0.1) is 6.61 Å². The van der Waals surface area contributed by atoms with Gasteiger partial charge in [-0.2, -0.15) is 0 Å². The summed E-state index contributed by atoms with van der Waals surface area (Å²) in [6.07, 6.45) is 4.66. The lowest BCUT2D eigenvalue weighted by atomic mass is 10.2. The van der Waals surface area contributed by atoms with Gasteiger partial charge in [-0.25, -0.2) is 0 Å². The molecule has 0 unspecified atom stereocenters. The number of benzene rings is 1. The Hall–Kier alpha value is -1.18. The van der Waals surface area contributed by atoms with E-state index in [1.807, 2.05) is 12.1 Å². The number of ether oxygens (including phenoxy) is 1. The minimum absolute atomic E-state index is 0.239. The summed E-state index contributed by atoms with van der Waals surface area (Å²) in [4.78, 5) is 7.12. The second-order valence-electron chi connectivity index (χ2n) is 8.17. The summed E-state index contributed by atoms with van der Waals surface area (Å²) in [5, 5.41) is 19.4. The number of nitrogens with zero attached hydrogens (tertiary/aromatic N) is 3. The first-order valence-electron chi connectivity index (χ1n) is 10.9. The largest absolute Gasteiger partial charge is 0.491 e. The van der Waals surface area contributed by atoms with Crippen LogP contribution in [0.4, 0.5) is 0 Å². The van der Waals surface area contributed by atoms with E-state index in [1.165, 1.54) is 31.2 Å². The molecule has 6 nitrogen and oxygen atoms in total. The Morgan fingerprint density at radius 1 is 0.893 bits per heavy atom. The highest BCUT2D eigenvalue weighted by molar-refractivity contribution is 5.28. The Labute approximate surface area is 169 Å². The number of likely N-dealkylation sites (tertiary alicyclic amines) is 1. The summed E-state index contributed by atoms with van der Waals surface area (Å²) in [5.74, 6) is 0.839. The normalized spacial score (nSPS) is 21.4. The zero-order valence-corrected chi connectivity index (χ0v) is 17.1. The van der Waals surface area contributed by atoms with Gasteiger partial charge in [0.1, 0.15) is 18.5 Å². The van der Waals surface area contributed by atoms with Crippen LogP contribution in [0.1, 0.15) is 31.2 Å². The molecule has 3 rings (SSSR count). The van der Waals surface area contributed by atoms with Crippen LogP contribution in [-0.2, 0) is 6.54 Å². The number of β-amino-alcohol motifs (C(OH)–C–C–N with tert-alkyl or cyclic N) is 2. The van der Waals surface area contributed by atoms with E-state index in [9.17, 15) is 5.11 Å². The summed E-state index contributed by atoms with van der Waals surface area (Å²) in [5.41, 5.74) is 1.25. The fraction of sp³-hybridized carbons (Fsp3) is 0.727. The molecule has 0 radical (unpaired) electrons. The third-order valence-electron chi connectivity index (χ3n) is 5.80. The van der Waals surface area contributed by atoms with Gasteiger partial charge < -0.3 is 19.8 Å². The predicted octanol–water partition coefficient (Wildman–Crippen LogP) is 1.41. The molecule has 0 amide bonds. The molecular formula is C22H37N3O3. The minimum atomic E-state index is -0.443. The molecular weight excluding hydrogens is 354 g/mol. The van der Waals surface area contributed by atoms with Crippen molar-refractivity contribution in [2.24, 2.45) is 0 Å². The second-order valence-corrected chi connectivity index (χ2v) is 8.17. The fourth-order valence-corrected chi connectivity index (χ4v) is 4.17. The minimum Gasteiger partial charge on any atom is -0.491 e. The topological polar surface area (TPSA) is 59.4 Å². The summed E-state index contributed by atoms with van der Waals surface area (Å²) in [7, 11) is 0. The maximum atomic E-state index is 10.4. The smallest absolute Gasteiger partial charge is 0.119 e. The lowest BCUT2D eigenvalue weighted by Crippen LogP contribution is -2.46. The highest BCUT2D eigenvalue weighted by Crippen LogP contribution is 2.17. The first-order chi connectivity index (χ1) is 13.7. The van der Waals surface area contributed by atoms with Crippen LogP contribution in [0.15, 0.2) is 24.3 Å². The van der Waals surface area contributed by atoms with Gasteiger partial charge in [-0.05, 0) is 43.6 Å². The molecule has 1 aromatic carbocycles. The van der Waals surface area contributed by atoms with Crippen molar-refractivity contribution in [1.29, 1.82) is 0 Å². The maximum Gasteiger partial charge on any atom is 0.119 e. The molecule has 2 fully saturated rings. The Balaban J connectivity index is 1.40. The van der Waals surface area contributed by atoms with Crippen LogP contribution < -0.4 is 4.74 Å². The first-order valence-corrected chi connectivity index (χ1v) is 10.9. The van der Waals surface area contributed by atoms with E-state index in [-0.39, 0.29) is 6.61 Å². The fourth-order valence-electron chi connectivity index (χ4n) is 4.17. The number of rotatable bonds is 9. The molecule has 0 saturated carbocycles. The molecule has 0 spiro atoms. The Bertz CT molecular complexity index is 556. The second kappa shape index (κ2) is 11.7. The molecule has 1 aromatic rings. The molecule has 6 heteroatoms. The summed E-state index contributed by atoms with van der Waals surface area (Å²) >= 11 is 0. The average Bonchev–Trinajstić information content (AvgIpc) is 2.97. The third-order valence-corrected chi connectivity index (χ3v) is 5.80. The summed E-state index contributed by atoms with van der Waals surface area (Å²) in [6.45, 7) is 9.26. The standard InChI is InChI=1S/C22H37N3O3/c26-15-14-23-10-12-25(13-11-23)17-20-6-5-7-22(16-20)28-19-21(27)18-24-8-3-1-2-4-9-24/h5-7,16,21,26-27H,1-4,8-15,17-19H2/t21-/m1/s1. The van der Waals surface area contributed by atoms with Crippen LogP contribution in [0.2, 0.25) is 0 Å². The molecule has 28 heavy (non-hydrogen) atoms. The summed E-state index contributed by atoms with van der Waals surface area (Å²) < 4.78 is 5.89. The number of aliphatic hydroxyl groups excluding tert-OH is 2. The van der Waals surface area contributed by atoms with Crippen molar-refractivity contribution in [3.05, 3.63) is 29.8 Å². The van der Waals surface area contributed by atoms with Gasteiger partial charge in [0, 0.05) is 45.8 Å². The van der Waals surface area contributed by atoms with E-state index < -0.39 is 6.10 Å². The van der Waals surface area contributed by atoms with Crippen molar-refractivity contribution in [3.8, 4) is 5.75 Å². The third kappa shape index (κ3) is 7.33. The van der Waals surface area contributed by atoms with Crippen molar-refractivity contribution in [3.63, 3.8) is 0 Å². The first kappa shape index (κ1) is 21.5. The molecule has 2 heterocycles. The lowest BCUT2D eigenvalue weighted by molar-refractivity contribution is 0.0692. The SMILES string of the molecule is OCCN1CCN(Cc2cccc(OC[C@H](O)CN3CCCCCC3)c2)CC1. The van der Waals surface area contributed by atoms with E-state index in [1.54, 1.807) is 0 Å². The zero-order valence-electron chi connectivity index (χ0n) is 17.1. The molecule has 2 aliphatic rings. The van der Waals surface area contributed by atoms with E-state index in [0.29, 0.717) is 13.2 Å². The molecule has 0 aliphatic carbocycles. The van der Waals surface area contributed by atoms with Crippen molar-refractivity contribution in [2.75, 3.05) is 65.6 Å². The summed E-state index contributed by atoms with van der Waals surface area (Å²) in [6, 6.07) is 8.24. The molecule has 158 valence electrons. The number of hydrogen-bond acceptors (Lipinski definition) is 6. The van der Waals surface area contributed by atoms with Crippen LogP contribution in [0.5, 0.6) is 5.75 Å². The number of piperazine rings is 1. The van der Waals surface area contributed by atoms with Crippen molar-refractivity contribution < 1.29 is 14.9 Å². The Morgan fingerprint density at radius 2 is 1.61 bits per heavy atom. The molecule has 2 saturated heterocycles. The molecule has 0 aromatic heterocycles. The van der Waals surface area contributed by atoms with E-state index in [4.69, 9.17) is 9.84 Å². The van der Waals surface area contributed by atoms with Crippen LogP contribution >= 0.6 is 0 Å². The quantitative estimate of drug-likeness (QED) is 0.664. The number of hydrogen-bond donors (Lipinski definition) is 2. The van der Waals surface area contributed by atoms with E-state index in [2.05, 4.69) is 26.8 Å². The zero-order chi connectivity index (χ0) is 19.6. The van der Waals surface area contributed by atoms with Gasteiger partial charge in [0.2, 0.25) is 0 Å². The van der Waals surface area contributed by atoms with Crippen molar-refractivity contribution in [1.82, 2.24) is 14.7 Å². The molecule has 0 bridgehead atoms. The van der Waals surface area contributed by atoms with E-state index in [0.717, 1.165) is 58.1 Å². The van der Waals surface area contributed by atoms with Gasteiger partial charge in [0.25, 0.3) is 0 Å². The average molecular weight is 392 g/mol. The molecule has 2 aliphatic heterocycles. The monoisotopic (exact) mass is 391 g/mol. The molecule has 1 atom stereocenters.